The quantitative estimate of drug-likeness (QED) is 0.341. The van der Waals surface area contributed by atoms with E-state index in [1.165, 1.54) is 30.2 Å². The van der Waals surface area contributed by atoms with Crippen molar-refractivity contribution in [2.45, 2.75) is 39.0 Å². The SMILES string of the molecule is CCc1cc2cccc(C#CC3CCCC3)c2c(=O)n1-c1ccccc1.NC(=O)c1c(N)nn2cccnc12. The van der Waals surface area contributed by atoms with Crippen LogP contribution in [0.25, 0.3) is 22.1 Å². The summed E-state index contributed by atoms with van der Waals surface area (Å²) in [4.78, 5) is 28.3. The lowest BCUT2D eigenvalue weighted by Gasteiger charge is -2.14. The van der Waals surface area contributed by atoms with Gasteiger partial charge >= 0.3 is 0 Å². The summed E-state index contributed by atoms with van der Waals surface area (Å²) < 4.78 is 3.25. The molecule has 3 aromatic heterocycles. The van der Waals surface area contributed by atoms with E-state index < -0.39 is 5.91 Å². The van der Waals surface area contributed by atoms with Gasteiger partial charge in [-0.15, -0.1) is 5.10 Å². The molecule has 2 aromatic carbocycles. The van der Waals surface area contributed by atoms with Gasteiger partial charge < -0.3 is 11.5 Å². The summed E-state index contributed by atoms with van der Waals surface area (Å²) >= 11 is 0. The molecule has 6 rings (SSSR count). The first-order valence-electron chi connectivity index (χ1n) is 13.1. The smallest absolute Gasteiger partial charge is 0.264 e. The highest BCUT2D eigenvalue weighted by molar-refractivity contribution is 6.03. The summed E-state index contributed by atoms with van der Waals surface area (Å²) in [6.45, 7) is 2.09. The van der Waals surface area contributed by atoms with Crippen LogP contribution in [0.3, 0.4) is 0 Å². The van der Waals surface area contributed by atoms with Gasteiger partial charge in [0.15, 0.2) is 11.5 Å². The maximum Gasteiger partial charge on any atom is 0.264 e. The number of benzene rings is 2. The fraction of sp³-hybridized carbons (Fsp3) is 0.226. The van der Waals surface area contributed by atoms with Gasteiger partial charge in [-0.05, 0) is 55.0 Å². The highest BCUT2D eigenvalue weighted by Crippen LogP contribution is 2.24. The van der Waals surface area contributed by atoms with Crippen LogP contribution in [0.15, 0.2) is 77.9 Å². The Morgan fingerprint density at radius 3 is 2.56 bits per heavy atom. The van der Waals surface area contributed by atoms with Crippen LogP contribution in [-0.2, 0) is 6.42 Å². The number of aryl methyl sites for hydroxylation is 1. The molecule has 0 atom stereocenters. The first-order valence-corrected chi connectivity index (χ1v) is 13.1. The van der Waals surface area contributed by atoms with Crippen molar-refractivity contribution in [2.75, 3.05) is 5.73 Å². The molecule has 1 fully saturated rings. The van der Waals surface area contributed by atoms with E-state index in [9.17, 15) is 9.59 Å². The van der Waals surface area contributed by atoms with E-state index >= 15 is 0 Å². The standard InChI is InChI=1S/C24H23NO.C7H7N5O/c1-2-21-17-20-12-8-11-19(16-15-18-9-6-7-10-18)23(20)24(26)25(21)22-13-4-3-5-14-22;8-5-4(6(9)13)7-10-2-1-3-12(7)11-5/h3-5,8,11-14,17-18H,2,6-7,9-10H2,1H3;1-3H,(H2,8,11)(H2,9,13). The highest BCUT2D eigenvalue weighted by Gasteiger charge is 2.16. The molecule has 0 spiro atoms. The maximum absolute atomic E-state index is 13.4. The predicted molar refractivity (Wildman–Crippen MR) is 154 cm³/mol. The van der Waals surface area contributed by atoms with E-state index in [4.69, 9.17) is 11.5 Å². The average molecular weight is 519 g/mol. The first-order chi connectivity index (χ1) is 19.0. The molecule has 4 N–H and O–H groups in total. The van der Waals surface area contributed by atoms with Gasteiger partial charge in [0.2, 0.25) is 0 Å². The van der Waals surface area contributed by atoms with Crippen LogP contribution in [-0.4, -0.2) is 25.1 Å². The summed E-state index contributed by atoms with van der Waals surface area (Å²) in [5, 5.41) is 5.58. The number of carbonyl (C=O) groups is 1. The number of hydrogen-bond donors (Lipinski definition) is 2. The van der Waals surface area contributed by atoms with E-state index in [0.717, 1.165) is 34.1 Å². The topological polar surface area (TPSA) is 121 Å². The van der Waals surface area contributed by atoms with E-state index in [0.29, 0.717) is 11.6 Å². The third-order valence-corrected chi connectivity index (χ3v) is 6.93. The van der Waals surface area contributed by atoms with Gasteiger partial charge in [-0.1, -0.05) is 61.9 Å². The lowest BCUT2D eigenvalue weighted by atomic mass is 10.0. The van der Waals surface area contributed by atoms with Crippen molar-refractivity contribution in [2.24, 2.45) is 11.7 Å². The maximum atomic E-state index is 13.4. The Labute approximate surface area is 226 Å². The minimum absolute atomic E-state index is 0.0295. The van der Waals surface area contributed by atoms with Gasteiger partial charge in [0, 0.05) is 35.3 Å². The summed E-state index contributed by atoms with van der Waals surface area (Å²) in [6.07, 6.45) is 8.91. The molecule has 0 aliphatic heterocycles. The molecule has 39 heavy (non-hydrogen) atoms. The lowest BCUT2D eigenvalue weighted by Crippen LogP contribution is -2.22. The largest absolute Gasteiger partial charge is 0.381 e. The van der Waals surface area contributed by atoms with Crippen molar-refractivity contribution < 1.29 is 4.79 Å². The number of nitrogen functional groups attached to an aromatic ring is 1. The summed E-state index contributed by atoms with van der Waals surface area (Å²) in [7, 11) is 0. The van der Waals surface area contributed by atoms with Crippen molar-refractivity contribution >= 4 is 28.1 Å². The third kappa shape index (κ3) is 5.25. The van der Waals surface area contributed by atoms with Crippen molar-refractivity contribution in [1.29, 1.82) is 0 Å². The molecule has 3 heterocycles. The Morgan fingerprint density at radius 1 is 1.08 bits per heavy atom. The van der Waals surface area contributed by atoms with Gasteiger partial charge in [-0.3, -0.25) is 14.2 Å². The molecular weight excluding hydrogens is 488 g/mol. The Kier molecular flexibility index (Phi) is 7.41. The second kappa shape index (κ2) is 11.2. The molecular formula is C31H30N6O2. The van der Waals surface area contributed by atoms with Crippen LogP contribution in [0.4, 0.5) is 5.82 Å². The van der Waals surface area contributed by atoms with E-state index in [2.05, 4.69) is 34.9 Å². The molecule has 8 heteroatoms. The van der Waals surface area contributed by atoms with Crippen LogP contribution < -0.4 is 17.0 Å². The van der Waals surface area contributed by atoms with Crippen LogP contribution in [0.2, 0.25) is 0 Å². The third-order valence-electron chi connectivity index (χ3n) is 6.93. The summed E-state index contributed by atoms with van der Waals surface area (Å²) in [5.41, 5.74) is 14.0. The zero-order chi connectivity index (χ0) is 27.4. The average Bonchev–Trinajstić information content (AvgIpc) is 3.59. The molecule has 1 aliphatic rings. The summed E-state index contributed by atoms with van der Waals surface area (Å²) in [5.74, 6) is 6.70. The molecule has 5 aromatic rings. The number of fused-ring (bicyclic) bond motifs is 2. The Balaban J connectivity index is 0.000000198. The molecule has 0 unspecified atom stereocenters. The normalized spacial score (nSPS) is 13.1. The van der Waals surface area contributed by atoms with Crippen molar-refractivity contribution in [3.05, 3.63) is 100 Å². The second-order valence-electron chi connectivity index (χ2n) is 9.50. The minimum atomic E-state index is -0.619. The van der Waals surface area contributed by atoms with Gasteiger partial charge in [-0.25, -0.2) is 9.50 Å². The monoisotopic (exact) mass is 518 g/mol. The number of para-hydroxylation sites is 1. The molecule has 0 saturated heterocycles. The van der Waals surface area contributed by atoms with E-state index in [1.54, 1.807) is 18.5 Å². The number of nitrogens with two attached hydrogens (primary N) is 2. The fourth-order valence-electron chi connectivity index (χ4n) is 5.03. The van der Waals surface area contributed by atoms with Gasteiger partial charge in [0.05, 0.1) is 5.39 Å². The Bertz CT molecular complexity index is 1770. The first kappa shape index (κ1) is 25.7. The Hall–Kier alpha value is -4.90. The fourth-order valence-corrected chi connectivity index (χ4v) is 5.03. The number of hydrogen-bond acceptors (Lipinski definition) is 5. The van der Waals surface area contributed by atoms with Crippen LogP contribution in [0.1, 0.15) is 54.2 Å². The number of nitrogens with zero attached hydrogens (tertiary/aromatic N) is 4. The number of primary amides is 1. The minimum Gasteiger partial charge on any atom is -0.381 e. The zero-order valence-corrected chi connectivity index (χ0v) is 21.8. The Morgan fingerprint density at radius 2 is 1.85 bits per heavy atom. The van der Waals surface area contributed by atoms with E-state index in [1.807, 2.05) is 53.1 Å². The molecule has 1 saturated carbocycles. The number of carbonyl (C=O) groups excluding carboxylic acids is 1. The predicted octanol–water partition coefficient (Wildman–Crippen LogP) is 4.51. The summed E-state index contributed by atoms with van der Waals surface area (Å²) in [6, 6.07) is 19.7. The second-order valence-corrected chi connectivity index (χ2v) is 9.50. The highest BCUT2D eigenvalue weighted by atomic mass is 16.1. The van der Waals surface area contributed by atoms with Gasteiger partial charge in [0.1, 0.15) is 5.56 Å². The number of rotatable bonds is 3. The molecule has 8 nitrogen and oxygen atoms in total. The molecule has 196 valence electrons. The molecule has 0 radical (unpaired) electrons. The number of aromatic nitrogens is 4. The van der Waals surface area contributed by atoms with Crippen LogP contribution in [0, 0.1) is 17.8 Å². The van der Waals surface area contributed by atoms with Crippen molar-refractivity contribution in [3.8, 4) is 17.5 Å². The number of pyridine rings is 1. The van der Waals surface area contributed by atoms with Gasteiger partial charge in [-0.2, -0.15) is 0 Å². The van der Waals surface area contributed by atoms with Crippen LogP contribution >= 0.6 is 0 Å². The van der Waals surface area contributed by atoms with Gasteiger partial charge in [0.25, 0.3) is 11.5 Å². The molecule has 0 bridgehead atoms. The van der Waals surface area contributed by atoms with Crippen molar-refractivity contribution in [3.63, 3.8) is 0 Å². The molecule has 1 aliphatic carbocycles. The van der Waals surface area contributed by atoms with E-state index in [-0.39, 0.29) is 16.9 Å². The zero-order valence-electron chi connectivity index (χ0n) is 21.8. The number of anilines is 1. The number of amides is 1. The molecule has 1 amide bonds. The lowest BCUT2D eigenvalue weighted by molar-refractivity contribution is 0.100. The van der Waals surface area contributed by atoms with Crippen molar-refractivity contribution in [1.82, 2.24) is 19.2 Å². The van der Waals surface area contributed by atoms with Crippen LogP contribution in [0.5, 0.6) is 0 Å².